The molecule has 2 heterocycles. The number of aromatic nitrogens is 1. The molecule has 1 amide bonds. The molecule has 0 saturated carbocycles. The summed E-state index contributed by atoms with van der Waals surface area (Å²) in [6.07, 6.45) is 1.60. The van der Waals surface area contributed by atoms with E-state index in [9.17, 15) is 14.7 Å². The molecule has 0 bridgehead atoms. The summed E-state index contributed by atoms with van der Waals surface area (Å²) in [7, 11) is 2.87. The second-order valence-electron chi connectivity index (χ2n) is 6.88. The number of nitrogens with one attached hydrogen (secondary N) is 1. The number of hydrogen-bond acceptors (Lipinski definition) is 9. The van der Waals surface area contributed by atoms with Gasteiger partial charge in [-0.3, -0.25) is 4.79 Å². The Morgan fingerprint density at radius 2 is 2.13 bits per heavy atom. The minimum atomic E-state index is -1.10. The molecule has 0 aliphatic carbocycles. The van der Waals surface area contributed by atoms with Gasteiger partial charge in [0.1, 0.15) is 18.3 Å². The van der Waals surface area contributed by atoms with Gasteiger partial charge in [0.15, 0.2) is 23.2 Å². The minimum Gasteiger partial charge on any atom is -0.503 e. The summed E-state index contributed by atoms with van der Waals surface area (Å²) in [5.41, 5.74) is -0.273. The van der Waals surface area contributed by atoms with Crippen LogP contribution in [0.5, 0.6) is 11.5 Å². The van der Waals surface area contributed by atoms with E-state index in [0.29, 0.717) is 6.61 Å². The van der Waals surface area contributed by atoms with E-state index in [2.05, 4.69) is 17.2 Å². The van der Waals surface area contributed by atoms with E-state index in [0.717, 1.165) is 12.8 Å². The van der Waals surface area contributed by atoms with Gasteiger partial charge in [-0.15, -0.1) is 0 Å². The van der Waals surface area contributed by atoms with Crippen molar-refractivity contribution in [2.24, 2.45) is 0 Å². The SMILES string of the molecule is CCCCOC1COCC(NC(=O)c2nccc(OC)c2O)C(=O)OC(C)C1OC. The number of rotatable bonds is 8. The van der Waals surface area contributed by atoms with Crippen LogP contribution in [0.1, 0.15) is 37.2 Å². The molecule has 2 N–H and O–H groups in total. The van der Waals surface area contributed by atoms with Crippen molar-refractivity contribution in [1.29, 1.82) is 0 Å². The molecular weight excluding hydrogens is 396 g/mol. The highest BCUT2D eigenvalue weighted by Crippen LogP contribution is 2.27. The summed E-state index contributed by atoms with van der Waals surface area (Å²) in [5.74, 6) is -1.78. The van der Waals surface area contributed by atoms with Crippen LogP contribution in [0, 0.1) is 0 Å². The van der Waals surface area contributed by atoms with Gasteiger partial charge in [-0.1, -0.05) is 13.3 Å². The molecule has 2 rings (SSSR count). The number of unbranched alkanes of at least 4 members (excludes halogenated alkanes) is 1. The van der Waals surface area contributed by atoms with Gasteiger partial charge in [0.25, 0.3) is 5.91 Å². The Labute approximate surface area is 175 Å². The summed E-state index contributed by atoms with van der Waals surface area (Å²) in [6.45, 7) is 4.32. The first-order chi connectivity index (χ1) is 14.4. The summed E-state index contributed by atoms with van der Waals surface area (Å²) in [4.78, 5) is 29.0. The number of cyclic esters (lactones) is 1. The lowest BCUT2D eigenvalue weighted by Crippen LogP contribution is -2.47. The number of carbonyl (C=O) groups excluding carboxylic acids is 2. The number of methoxy groups -OCH3 is 2. The lowest BCUT2D eigenvalue weighted by molar-refractivity contribution is -0.164. The Balaban J connectivity index is 2.11. The van der Waals surface area contributed by atoms with Crippen LogP contribution in [0.4, 0.5) is 0 Å². The largest absolute Gasteiger partial charge is 0.503 e. The van der Waals surface area contributed by atoms with Crippen LogP contribution in [0.15, 0.2) is 12.3 Å². The third-order valence-electron chi connectivity index (χ3n) is 4.71. The van der Waals surface area contributed by atoms with Crippen LogP contribution in [0.25, 0.3) is 0 Å². The third-order valence-corrected chi connectivity index (χ3v) is 4.71. The van der Waals surface area contributed by atoms with Crippen molar-refractivity contribution in [3.05, 3.63) is 18.0 Å². The molecule has 10 heteroatoms. The number of hydrogen-bond donors (Lipinski definition) is 2. The molecule has 0 radical (unpaired) electrons. The van der Waals surface area contributed by atoms with Crippen molar-refractivity contribution >= 4 is 11.9 Å². The van der Waals surface area contributed by atoms with Crippen LogP contribution in [-0.4, -0.2) is 80.4 Å². The van der Waals surface area contributed by atoms with Crippen molar-refractivity contribution in [1.82, 2.24) is 10.3 Å². The molecule has 1 aromatic heterocycles. The van der Waals surface area contributed by atoms with E-state index in [4.69, 9.17) is 23.7 Å². The zero-order chi connectivity index (χ0) is 22.1. The average Bonchev–Trinajstić information content (AvgIpc) is 2.77. The summed E-state index contributed by atoms with van der Waals surface area (Å²) < 4.78 is 27.5. The van der Waals surface area contributed by atoms with Gasteiger partial charge in [-0.25, -0.2) is 9.78 Å². The minimum absolute atomic E-state index is 0.0899. The van der Waals surface area contributed by atoms with Gasteiger partial charge in [0, 0.05) is 26.0 Å². The second kappa shape index (κ2) is 11.7. The molecule has 1 saturated heterocycles. The van der Waals surface area contributed by atoms with Gasteiger partial charge < -0.3 is 34.1 Å². The fourth-order valence-corrected chi connectivity index (χ4v) is 3.06. The van der Waals surface area contributed by atoms with Crippen molar-refractivity contribution in [3.63, 3.8) is 0 Å². The number of nitrogens with zero attached hydrogens (tertiary/aromatic N) is 1. The fraction of sp³-hybridized carbons (Fsp3) is 0.650. The number of amides is 1. The number of pyridine rings is 1. The number of esters is 1. The van der Waals surface area contributed by atoms with Crippen molar-refractivity contribution in [2.75, 3.05) is 34.0 Å². The van der Waals surface area contributed by atoms with Crippen LogP contribution in [0.3, 0.4) is 0 Å². The highest BCUT2D eigenvalue weighted by Gasteiger charge is 2.36. The van der Waals surface area contributed by atoms with Gasteiger partial charge in [-0.05, 0) is 13.3 Å². The molecular formula is C20H30N2O8. The van der Waals surface area contributed by atoms with Crippen LogP contribution >= 0.6 is 0 Å². The average molecular weight is 426 g/mol. The van der Waals surface area contributed by atoms with Crippen molar-refractivity contribution < 1.29 is 38.4 Å². The summed E-state index contributed by atoms with van der Waals surface area (Å²) >= 11 is 0. The van der Waals surface area contributed by atoms with Crippen LogP contribution in [-0.2, 0) is 23.7 Å². The highest BCUT2D eigenvalue weighted by atomic mass is 16.6. The Bertz CT molecular complexity index is 714. The Hall–Kier alpha value is -2.43. The molecule has 1 aliphatic heterocycles. The molecule has 168 valence electrons. The second-order valence-corrected chi connectivity index (χ2v) is 6.88. The molecule has 0 aromatic carbocycles. The Morgan fingerprint density at radius 3 is 2.80 bits per heavy atom. The van der Waals surface area contributed by atoms with Gasteiger partial charge >= 0.3 is 5.97 Å². The Morgan fingerprint density at radius 1 is 1.37 bits per heavy atom. The van der Waals surface area contributed by atoms with E-state index >= 15 is 0 Å². The summed E-state index contributed by atoms with van der Waals surface area (Å²) in [6, 6.07) is 0.314. The molecule has 1 aromatic rings. The lowest BCUT2D eigenvalue weighted by atomic mass is 10.1. The number of ether oxygens (including phenoxy) is 5. The maximum absolute atomic E-state index is 12.6. The topological polar surface area (TPSA) is 125 Å². The molecule has 1 fully saturated rings. The van der Waals surface area contributed by atoms with E-state index in [1.54, 1.807) is 6.92 Å². The smallest absolute Gasteiger partial charge is 0.331 e. The molecule has 10 nitrogen and oxygen atoms in total. The molecule has 4 unspecified atom stereocenters. The van der Waals surface area contributed by atoms with Crippen LogP contribution in [0.2, 0.25) is 0 Å². The standard InChI is InChI=1S/C20H30N2O8/c1-5-6-9-29-15-11-28-10-13(20(25)30-12(2)18(15)27-4)22-19(24)16-17(23)14(26-3)7-8-21-16/h7-8,12-13,15,18,23H,5-6,9-11H2,1-4H3,(H,22,24). The number of carbonyl (C=O) groups is 2. The third kappa shape index (κ3) is 6.04. The maximum atomic E-state index is 12.6. The maximum Gasteiger partial charge on any atom is 0.331 e. The van der Waals surface area contributed by atoms with Gasteiger partial charge in [-0.2, -0.15) is 0 Å². The van der Waals surface area contributed by atoms with Gasteiger partial charge in [0.2, 0.25) is 0 Å². The Kier molecular flexibility index (Phi) is 9.28. The van der Waals surface area contributed by atoms with Gasteiger partial charge in [0.05, 0.1) is 20.3 Å². The first kappa shape index (κ1) is 23.8. The lowest BCUT2D eigenvalue weighted by Gasteiger charge is -2.29. The van der Waals surface area contributed by atoms with E-state index in [1.807, 2.05) is 0 Å². The highest BCUT2D eigenvalue weighted by molar-refractivity contribution is 5.98. The first-order valence-corrected chi connectivity index (χ1v) is 9.88. The predicted octanol–water partition coefficient (Wildman–Crippen LogP) is 1.06. The van der Waals surface area contributed by atoms with Crippen molar-refractivity contribution in [3.8, 4) is 11.5 Å². The number of aromatic hydroxyl groups is 1. The van der Waals surface area contributed by atoms with Crippen LogP contribution < -0.4 is 10.1 Å². The molecule has 30 heavy (non-hydrogen) atoms. The van der Waals surface area contributed by atoms with E-state index < -0.39 is 42.0 Å². The monoisotopic (exact) mass is 426 g/mol. The predicted molar refractivity (Wildman–Crippen MR) is 106 cm³/mol. The quantitative estimate of drug-likeness (QED) is 0.463. The van der Waals surface area contributed by atoms with E-state index in [-0.39, 0.29) is 24.7 Å². The zero-order valence-electron chi connectivity index (χ0n) is 17.8. The summed E-state index contributed by atoms with van der Waals surface area (Å²) in [5, 5.41) is 12.6. The zero-order valence-corrected chi connectivity index (χ0v) is 17.8. The first-order valence-electron chi connectivity index (χ1n) is 9.88. The molecule has 4 atom stereocenters. The molecule has 0 spiro atoms. The van der Waals surface area contributed by atoms with Crippen molar-refractivity contribution in [2.45, 2.75) is 51.0 Å². The molecule has 1 aliphatic rings. The fourth-order valence-electron chi connectivity index (χ4n) is 3.06. The normalized spacial score (nSPS) is 24.9. The van der Waals surface area contributed by atoms with E-state index in [1.165, 1.54) is 26.5 Å².